The summed E-state index contributed by atoms with van der Waals surface area (Å²) in [5.41, 5.74) is 8.94. The van der Waals surface area contributed by atoms with Gasteiger partial charge in [0.25, 0.3) is 0 Å². The minimum atomic E-state index is 0.149. The van der Waals surface area contributed by atoms with Crippen molar-refractivity contribution in [2.75, 3.05) is 6.61 Å². The minimum Gasteiger partial charge on any atom is -0.493 e. The number of hydrogen-bond acceptors (Lipinski definition) is 2. The molecule has 3 rings (SSSR count). The lowest BCUT2D eigenvalue weighted by molar-refractivity contribution is 0.199. The van der Waals surface area contributed by atoms with E-state index in [2.05, 4.69) is 36.4 Å². The molecule has 2 nitrogen and oxygen atoms in total. The van der Waals surface area contributed by atoms with Crippen molar-refractivity contribution in [3.63, 3.8) is 0 Å². The topological polar surface area (TPSA) is 35.2 Å². The van der Waals surface area contributed by atoms with Crippen molar-refractivity contribution in [3.8, 4) is 5.75 Å². The fourth-order valence-corrected chi connectivity index (χ4v) is 2.68. The molecule has 0 spiro atoms. The normalized spacial score (nSPS) is 19.3. The first kappa shape index (κ1) is 12.2. The molecule has 2 aromatic rings. The van der Waals surface area contributed by atoms with Crippen molar-refractivity contribution in [1.29, 1.82) is 0 Å². The van der Waals surface area contributed by atoms with E-state index in [-0.39, 0.29) is 6.04 Å². The van der Waals surface area contributed by atoms with Crippen LogP contribution in [-0.4, -0.2) is 12.6 Å². The van der Waals surface area contributed by atoms with Gasteiger partial charge in [0, 0.05) is 12.0 Å². The van der Waals surface area contributed by atoms with Crippen LogP contribution in [0.2, 0.25) is 0 Å². The number of nitrogens with two attached hydrogens (primary N) is 1. The Bertz CT molecular complexity index is 538. The summed E-state index contributed by atoms with van der Waals surface area (Å²) >= 11 is 0. The van der Waals surface area contributed by atoms with Crippen molar-refractivity contribution in [1.82, 2.24) is 0 Å². The lowest BCUT2D eigenvalue weighted by Gasteiger charge is -2.29. The van der Waals surface area contributed by atoms with Crippen LogP contribution in [0.5, 0.6) is 5.75 Å². The van der Waals surface area contributed by atoms with Gasteiger partial charge in [0.1, 0.15) is 5.75 Å². The number of ether oxygens (including phenoxy) is 1. The van der Waals surface area contributed by atoms with Crippen LogP contribution in [0, 0.1) is 5.92 Å². The molecule has 0 aliphatic carbocycles. The number of rotatable bonds is 3. The van der Waals surface area contributed by atoms with Crippen LogP contribution in [0.4, 0.5) is 0 Å². The predicted octanol–water partition coefficient (Wildman–Crippen LogP) is 2.81. The molecule has 0 saturated carbocycles. The van der Waals surface area contributed by atoms with Gasteiger partial charge in [-0.1, -0.05) is 48.5 Å². The highest BCUT2D eigenvalue weighted by Crippen LogP contribution is 2.28. The summed E-state index contributed by atoms with van der Waals surface area (Å²) in [7, 11) is 0. The Morgan fingerprint density at radius 1 is 1.05 bits per heavy atom. The fourth-order valence-electron chi connectivity index (χ4n) is 2.68. The summed E-state index contributed by atoms with van der Waals surface area (Å²) in [6.07, 6.45) is 1.93. The lowest BCUT2D eigenvalue weighted by Crippen LogP contribution is -2.39. The van der Waals surface area contributed by atoms with Gasteiger partial charge in [0.15, 0.2) is 0 Å². The smallest absolute Gasteiger partial charge is 0.122 e. The summed E-state index contributed by atoms with van der Waals surface area (Å²) in [5.74, 6) is 1.42. The Balaban J connectivity index is 1.68. The molecule has 0 aromatic heterocycles. The monoisotopic (exact) mass is 253 g/mol. The van der Waals surface area contributed by atoms with E-state index in [1.165, 1.54) is 11.1 Å². The van der Waals surface area contributed by atoms with Gasteiger partial charge < -0.3 is 10.5 Å². The summed E-state index contributed by atoms with van der Waals surface area (Å²) in [6, 6.07) is 18.8. The van der Waals surface area contributed by atoms with Gasteiger partial charge in [-0.2, -0.15) is 0 Å². The van der Waals surface area contributed by atoms with Crippen LogP contribution in [0.1, 0.15) is 11.1 Å². The molecule has 0 bridgehead atoms. The van der Waals surface area contributed by atoms with Crippen LogP contribution in [-0.2, 0) is 12.8 Å². The fraction of sp³-hybridized carbons (Fsp3) is 0.294. The Hall–Kier alpha value is -1.80. The zero-order valence-corrected chi connectivity index (χ0v) is 11.0. The molecular formula is C17H19NO. The lowest BCUT2D eigenvalue weighted by atomic mass is 9.87. The Labute approximate surface area is 114 Å². The predicted molar refractivity (Wildman–Crippen MR) is 77.3 cm³/mol. The Kier molecular flexibility index (Phi) is 3.51. The summed E-state index contributed by atoms with van der Waals surface area (Å²) in [5, 5.41) is 0. The maximum absolute atomic E-state index is 6.36. The molecule has 1 aliphatic heterocycles. The van der Waals surface area contributed by atoms with Crippen molar-refractivity contribution in [2.45, 2.75) is 18.9 Å². The number of hydrogen-bond donors (Lipinski definition) is 1. The minimum absolute atomic E-state index is 0.149. The zero-order valence-electron chi connectivity index (χ0n) is 11.0. The molecule has 98 valence electrons. The second kappa shape index (κ2) is 5.45. The molecule has 1 heterocycles. The van der Waals surface area contributed by atoms with Crippen LogP contribution >= 0.6 is 0 Å². The zero-order chi connectivity index (χ0) is 13.1. The summed E-state index contributed by atoms with van der Waals surface area (Å²) < 4.78 is 5.81. The second-order valence-electron chi connectivity index (χ2n) is 5.24. The largest absolute Gasteiger partial charge is 0.493 e. The quantitative estimate of drug-likeness (QED) is 0.913. The summed E-state index contributed by atoms with van der Waals surface area (Å²) in [6.45, 7) is 0.727. The van der Waals surface area contributed by atoms with Crippen LogP contribution in [0.25, 0.3) is 0 Å². The van der Waals surface area contributed by atoms with Crippen molar-refractivity contribution in [2.24, 2.45) is 11.7 Å². The van der Waals surface area contributed by atoms with Gasteiger partial charge in [-0.15, -0.1) is 0 Å². The molecule has 19 heavy (non-hydrogen) atoms. The van der Waals surface area contributed by atoms with Crippen molar-refractivity contribution in [3.05, 3.63) is 65.7 Å². The molecule has 0 fully saturated rings. The molecule has 1 aliphatic rings. The molecule has 0 saturated heterocycles. The highest BCUT2D eigenvalue weighted by molar-refractivity contribution is 5.35. The highest BCUT2D eigenvalue weighted by atomic mass is 16.5. The molecule has 2 atom stereocenters. The maximum Gasteiger partial charge on any atom is 0.122 e. The van der Waals surface area contributed by atoms with Gasteiger partial charge in [-0.05, 0) is 30.0 Å². The average molecular weight is 253 g/mol. The average Bonchev–Trinajstić information content (AvgIpc) is 2.48. The van der Waals surface area contributed by atoms with Crippen LogP contribution in [0.3, 0.4) is 0 Å². The molecule has 2 heteroatoms. The SMILES string of the molecule is NC(Cc1ccccc1)C1COc2ccccc2C1. The van der Waals surface area contributed by atoms with E-state index in [4.69, 9.17) is 10.5 Å². The molecule has 2 unspecified atom stereocenters. The molecular weight excluding hydrogens is 234 g/mol. The van der Waals surface area contributed by atoms with E-state index in [1.54, 1.807) is 0 Å². The number of fused-ring (bicyclic) bond motifs is 1. The van der Waals surface area contributed by atoms with E-state index in [0.29, 0.717) is 5.92 Å². The van der Waals surface area contributed by atoms with Crippen LogP contribution in [0.15, 0.2) is 54.6 Å². The van der Waals surface area contributed by atoms with Crippen molar-refractivity contribution >= 4 is 0 Å². The third kappa shape index (κ3) is 2.79. The standard InChI is InChI=1S/C17H19NO/c18-16(10-13-6-2-1-3-7-13)15-11-14-8-4-5-9-17(14)19-12-15/h1-9,15-16H,10-12,18H2. The van der Waals surface area contributed by atoms with Gasteiger partial charge in [0.05, 0.1) is 6.61 Å². The van der Waals surface area contributed by atoms with E-state index < -0.39 is 0 Å². The molecule has 0 radical (unpaired) electrons. The van der Waals surface area contributed by atoms with Gasteiger partial charge >= 0.3 is 0 Å². The third-order valence-corrected chi connectivity index (χ3v) is 3.83. The second-order valence-corrected chi connectivity index (χ2v) is 5.24. The first-order valence-corrected chi connectivity index (χ1v) is 6.83. The van der Waals surface area contributed by atoms with Crippen molar-refractivity contribution < 1.29 is 4.74 Å². The molecule has 2 aromatic carbocycles. The maximum atomic E-state index is 6.36. The third-order valence-electron chi connectivity index (χ3n) is 3.83. The van der Waals surface area contributed by atoms with Gasteiger partial charge in [-0.25, -0.2) is 0 Å². The first-order chi connectivity index (χ1) is 9.33. The van der Waals surface area contributed by atoms with E-state index >= 15 is 0 Å². The Morgan fingerprint density at radius 2 is 1.79 bits per heavy atom. The Morgan fingerprint density at radius 3 is 2.63 bits per heavy atom. The highest BCUT2D eigenvalue weighted by Gasteiger charge is 2.24. The van der Waals surface area contributed by atoms with Gasteiger partial charge in [-0.3, -0.25) is 0 Å². The first-order valence-electron chi connectivity index (χ1n) is 6.83. The summed E-state index contributed by atoms with van der Waals surface area (Å²) in [4.78, 5) is 0. The van der Waals surface area contributed by atoms with E-state index in [9.17, 15) is 0 Å². The van der Waals surface area contributed by atoms with E-state index in [0.717, 1.165) is 25.2 Å². The number of benzene rings is 2. The van der Waals surface area contributed by atoms with Gasteiger partial charge in [0.2, 0.25) is 0 Å². The van der Waals surface area contributed by atoms with E-state index in [1.807, 2.05) is 18.2 Å². The van der Waals surface area contributed by atoms with Crippen LogP contribution < -0.4 is 10.5 Å². The molecule has 0 amide bonds. The molecule has 2 N–H and O–H groups in total. The number of para-hydroxylation sites is 1.